The molecule has 4 bridgehead atoms. The van der Waals surface area contributed by atoms with Crippen molar-refractivity contribution in [2.24, 2.45) is 23.2 Å². The molecule has 35 heavy (non-hydrogen) atoms. The molecule has 0 radical (unpaired) electrons. The Morgan fingerprint density at radius 2 is 1.29 bits per heavy atom. The zero-order valence-electron chi connectivity index (χ0n) is 20.1. The van der Waals surface area contributed by atoms with Crippen molar-refractivity contribution < 1.29 is 14.4 Å². The molecule has 5 fully saturated rings. The van der Waals surface area contributed by atoms with Crippen LogP contribution in [-0.4, -0.2) is 53.7 Å². The number of piperazine rings is 1. The van der Waals surface area contributed by atoms with Crippen LogP contribution in [0.5, 0.6) is 0 Å². The zero-order chi connectivity index (χ0) is 24.0. The fourth-order valence-electron chi connectivity index (χ4n) is 7.52. The predicted octanol–water partition coefficient (Wildman–Crippen LogP) is 4.81. The van der Waals surface area contributed by atoms with Crippen LogP contribution in [0, 0.1) is 23.2 Å². The van der Waals surface area contributed by atoms with Gasteiger partial charge in [-0.15, -0.1) is 0 Å². The van der Waals surface area contributed by atoms with Crippen LogP contribution in [0.15, 0.2) is 54.6 Å². The molecule has 1 heterocycles. The summed E-state index contributed by atoms with van der Waals surface area (Å²) in [6.07, 6.45) is 7.24. The zero-order valence-corrected chi connectivity index (χ0v) is 20.1. The van der Waals surface area contributed by atoms with Crippen molar-refractivity contribution >= 4 is 23.4 Å². The maximum Gasteiger partial charge on any atom is 0.321 e. The van der Waals surface area contributed by atoms with Gasteiger partial charge in [0.1, 0.15) is 0 Å². The van der Waals surface area contributed by atoms with Crippen LogP contribution in [0.25, 0.3) is 0 Å². The Morgan fingerprint density at radius 1 is 0.714 bits per heavy atom. The number of nitrogens with one attached hydrogen (secondary N) is 1. The number of urea groups is 1. The first-order valence-electron chi connectivity index (χ1n) is 13.0. The van der Waals surface area contributed by atoms with Crippen LogP contribution in [0.3, 0.4) is 0 Å². The van der Waals surface area contributed by atoms with Crippen molar-refractivity contribution in [2.45, 2.75) is 38.5 Å². The first-order valence-corrected chi connectivity index (χ1v) is 13.0. The van der Waals surface area contributed by atoms with Gasteiger partial charge in [-0.3, -0.25) is 9.59 Å². The molecule has 0 aromatic heterocycles. The molecular weight excluding hydrogens is 438 g/mol. The van der Waals surface area contributed by atoms with Gasteiger partial charge in [-0.05, 0) is 68.4 Å². The molecule has 1 saturated heterocycles. The Kier molecular flexibility index (Phi) is 5.62. The highest BCUT2D eigenvalue weighted by Crippen LogP contribution is 2.60. The molecule has 6 heteroatoms. The molecule has 5 aliphatic rings. The lowest BCUT2D eigenvalue weighted by molar-refractivity contribution is -0.159. The van der Waals surface area contributed by atoms with E-state index in [1.165, 1.54) is 19.3 Å². The van der Waals surface area contributed by atoms with Crippen LogP contribution in [0.2, 0.25) is 0 Å². The van der Waals surface area contributed by atoms with Crippen LogP contribution < -0.4 is 5.32 Å². The number of carbonyl (C=O) groups excluding carboxylic acids is 3. The van der Waals surface area contributed by atoms with Gasteiger partial charge in [0.25, 0.3) is 0 Å². The van der Waals surface area contributed by atoms with Crippen molar-refractivity contribution in [3.8, 4) is 0 Å². The number of rotatable bonds is 4. The van der Waals surface area contributed by atoms with Gasteiger partial charge < -0.3 is 15.1 Å². The summed E-state index contributed by atoms with van der Waals surface area (Å²) in [7, 11) is 0. The maximum atomic E-state index is 13.6. The number of nitrogens with zero attached hydrogens (tertiary/aromatic N) is 2. The van der Waals surface area contributed by atoms with Gasteiger partial charge >= 0.3 is 6.03 Å². The average molecular weight is 472 g/mol. The molecule has 4 saturated carbocycles. The lowest BCUT2D eigenvalue weighted by atomic mass is 9.49. The van der Waals surface area contributed by atoms with Crippen molar-refractivity contribution in [3.63, 3.8) is 0 Å². The number of carbonyl (C=O) groups is 3. The van der Waals surface area contributed by atoms with E-state index in [2.05, 4.69) is 5.32 Å². The molecule has 4 aliphatic carbocycles. The summed E-state index contributed by atoms with van der Waals surface area (Å²) in [6, 6.07) is 16.0. The number of anilines is 1. The fourth-order valence-corrected chi connectivity index (χ4v) is 7.52. The normalized spacial score (nSPS) is 29.2. The lowest BCUT2D eigenvalue weighted by Crippen LogP contribution is -2.59. The lowest BCUT2D eigenvalue weighted by Gasteiger charge is -2.57. The maximum absolute atomic E-state index is 13.6. The molecule has 7 rings (SSSR count). The minimum absolute atomic E-state index is 0.0708. The largest absolute Gasteiger partial charge is 0.339 e. The molecule has 0 spiro atoms. The summed E-state index contributed by atoms with van der Waals surface area (Å²) in [5, 5.41) is 2.94. The quantitative estimate of drug-likeness (QED) is 0.651. The Labute approximate surface area is 206 Å². The third-order valence-corrected chi connectivity index (χ3v) is 8.76. The van der Waals surface area contributed by atoms with Gasteiger partial charge in [-0.25, -0.2) is 4.79 Å². The van der Waals surface area contributed by atoms with Gasteiger partial charge in [0.05, 0.1) is 5.41 Å². The third kappa shape index (κ3) is 4.24. The van der Waals surface area contributed by atoms with Gasteiger partial charge in [-0.2, -0.15) is 0 Å². The topological polar surface area (TPSA) is 69.7 Å². The molecule has 1 N–H and O–H groups in total. The van der Waals surface area contributed by atoms with Gasteiger partial charge in [-0.1, -0.05) is 42.5 Å². The third-order valence-electron chi connectivity index (χ3n) is 8.76. The molecule has 0 unspecified atom stereocenters. The second kappa shape index (κ2) is 8.81. The Balaban J connectivity index is 1.06. The number of hydrogen-bond acceptors (Lipinski definition) is 3. The minimum Gasteiger partial charge on any atom is -0.339 e. The first-order chi connectivity index (χ1) is 17.0. The van der Waals surface area contributed by atoms with E-state index >= 15 is 0 Å². The van der Waals surface area contributed by atoms with Crippen LogP contribution in [0.1, 0.15) is 54.4 Å². The van der Waals surface area contributed by atoms with E-state index in [0.717, 1.165) is 37.0 Å². The average Bonchev–Trinajstić information content (AvgIpc) is 2.88. The van der Waals surface area contributed by atoms with Crippen molar-refractivity contribution in [1.82, 2.24) is 9.80 Å². The van der Waals surface area contributed by atoms with Crippen molar-refractivity contribution in [2.75, 3.05) is 31.5 Å². The Hall–Kier alpha value is -3.15. The van der Waals surface area contributed by atoms with Gasteiger partial charge in [0.15, 0.2) is 5.78 Å². The highest BCUT2D eigenvalue weighted by atomic mass is 16.2. The molecule has 182 valence electrons. The van der Waals surface area contributed by atoms with E-state index < -0.39 is 0 Å². The highest BCUT2D eigenvalue weighted by molar-refractivity contribution is 6.09. The van der Waals surface area contributed by atoms with E-state index in [0.29, 0.717) is 48.9 Å². The highest BCUT2D eigenvalue weighted by Gasteiger charge is 2.55. The summed E-state index contributed by atoms with van der Waals surface area (Å²) >= 11 is 0. The number of hydrogen-bond donors (Lipinski definition) is 1. The molecule has 0 atom stereocenters. The van der Waals surface area contributed by atoms with E-state index in [4.69, 9.17) is 0 Å². The van der Waals surface area contributed by atoms with Gasteiger partial charge in [0.2, 0.25) is 5.91 Å². The number of ketones is 1. The van der Waals surface area contributed by atoms with E-state index in [1.54, 1.807) is 41.3 Å². The van der Waals surface area contributed by atoms with E-state index in [-0.39, 0.29) is 17.2 Å². The smallest absolute Gasteiger partial charge is 0.321 e. The number of amides is 3. The summed E-state index contributed by atoms with van der Waals surface area (Å²) in [6.45, 7) is 2.26. The van der Waals surface area contributed by atoms with E-state index in [9.17, 15) is 14.4 Å². The molecular formula is C29H33N3O3. The summed E-state index contributed by atoms with van der Waals surface area (Å²) in [4.78, 5) is 43.1. The molecule has 6 nitrogen and oxygen atoms in total. The molecule has 1 aliphatic heterocycles. The van der Waals surface area contributed by atoms with Crippen molar-refractivity contribution in [1.29, 1.82) is 0 Å². The first kappa shape index (κ1) is 22.3. The molecule has 2 aromatic carbocycles. The minimum atomic E-state index is -0.184. The second-order valence-electron chi connectivity index (χ2n) is 11.2. The second-order valence-corrected chi connectivity index (χ2v) is 11.2. The SMILES string of the molecule is O=C(c1ccccc1)c1cccc(NC(=O)N2CCN(C(=O)C34CC5CC(CC(C5)C3)C4)CC2)c1. The standard InChI is InChI=1S/C29H33N3O3/c33-26(23-5-2-1-3-6-23)24-7-4-8-25(16-24)30-28(35)32-11-9-31(10-12-32)27(34)29-17-20-13-21(18-29)15-22(14-20)19-29/h1-8,16,20-22H,9-15,17-19H2,(H,30,35). The van der Waals surface area contributed by atoms with Crippen LogP contribution in [-0.2, 0) is 4.79 Å². The summed E-state index contributed by atoms with van der Waals surface area (Å²) < 4.78 is 0. The molecule has 2 aromatic rings. The Bertz CT molecular complexity index is 1100. The summed E-state index contributed by atoms with van der Waals surface area (Å²) in [5.41, 5.74) is 1.64. The van der Waals surface area contributed by atoms with Crippen LogP contribution in [0.4, 0.5) is 10.5 Å². The Morgan fingerprint density at radius 3 is 1.91 bits per heavy atom. The summed E-state index contributed by atoms with van der Waals surface area (Å²) in [5.74, 6) is 2.53. The monoisotopic (exact) mass is 471 g/mol. The van der Waals surface area contributed by atoms with Gasteiger partial charge in [0, 0.05) is 43.0 Å². The van der Waals surface area contributed by atoms with E-state index in [1.807, 2.05) is 23.1 Å². The number of benzene rings is 2. The van der Waals surface area contributed by atoms with Crippen molar-refractivity contribution in [3.05, 3.63) is 65.7 Å². The predicted molar refractivity (Wildman–Crippen MR) is 134 cm³/mol. The molecule has 3 amide bonds. The van der Waals surface area contributed by atoms with Crippen LogP contribution >= 0.6 is 0 Å². The fraction of sp³-hybridized carbons (Fsp3) is 0.483.